The summed E-state index contributed by atoms with van der Waals surface area (Å²) in [5.41, 5.74) is 2.10. The zero-order valence-electron chi connectivity index (χ0n) is 11.5. The van der Waals surface area contributed by atoms with Crippen LogP contribution in [-0.4, -0.2) is 25.2 Å². The minimum absolute atomic E-state index is 0.666. The lowest BCUT2D eigenvalue weighted by Crippen LogP contribution is -2.18. The van der Waals surface area contributed by atoms with Crippen LogP contribution in [0.15, 0.2) is 43.5 Å². The van der Waals surface area contributed by atoms with Gasteiger partial charge in [-0.3, -0.25) is 0 Å². The summed E-state index contributed by atoms with van der Waals surface area (Å²) in [6.45, 7) is 4.24. The zero-order chi connectivity index (χ0) is 14.4. The number of nitrogens with zero attached hydrogens (tertiary/aromatic N) is 1. The maximum Gasteiger partial charge on any atom is 0.260 e. The van der Waals surface area contributed by atoms with E-state index in [2.05, 4.69) is 38.4 Å². The third kappa shape index (κ3) is 4.63. The molecule has 0 aliphatic carbocycles. The number of benzene rings is 1. The predicted octanol–water partition coefficient (Wildman–Crippen LogP) is 3.63. The van der Waals surface area contributed by atoms with Crippen LogP contribution in [0.2, 0.25) is 0 Å². The summed E-state index contributed by atoms with van der Waals surface area (Å²) in [6, 6.07) is 6.22. The van der Waals surface area contributed by atoms with Crippen LogP contribution in [-0.2, 0) is 11.3 Å². The summed E-state index contributed by atoms with van der Waals surface area (Å²) >= 11 is 5.04. The molecule has 1 aromatic heterocycles. The summed E-state index contributed by atoms with van der Waals surface area (Å²) in [5, 5.41) is 4.01. The highest BCUT2D eigenvalue weighted by molar-refractivity contribution is 9.10. The molecule has 0 aliphatic heterocycles. The fourth-order valence-corrected chi connectivity index (χ4v) is 3.08. The molecule has 0 unspecified atom stereocenters. The molecule has 2 rings (SSSR count). The third-order valence-corrected chi connectivity index (χ3v) is 4.08. The van der Waals surface area contributed by atoms with Gasteiger partial charge in [0.2, 0.25) is 0 Å². The van der Waals surface area contributed by atoms with Gasteiger partial charge in [0, 0.05) is 29.6 Å². The first-order valence-electron chi connectivity index (χ1n) is 6.27. The Morgan fingerprint density at radius 3 is 3.00 bits per heavy atom. The molecule has 2 aromatic rings. The number of oxazole rings is 1. The molecule has 0 aliphatic rings. The zero-order valence-corrected chi connectivity index (χ0v) is 13.9. The van der Waals surface area contributed by atoms with E-state index >= 15 is 0 Å². The standard InChI is InChI=1S/C14H17BrN2O2S/c1-10-9-19-14(17-10)20-13-7-12(15)4-3-11(13)8-16-5-6-18-2/h3-4,7,9,16H,5-6,8H2,1-2H3. The van der Waals surface area contributed by atoms with E-state index in [1.165, 1.54) is 17.3 Å². The topological polar surface area (TPSA) is 47.3 Å². The van der Waals surface area contributed by atoms with Gasteiger partial charge in [-0.2, -0.15) is 0 Å². The van der Waals surface area contributed by atoms with E-state index in [-0.39, 0.29) is 0 Å². The van der Waals surface area contributed by atoms with Crippen LogP contribution in [0.5, 0.6) is 0 Å². The maximum atomic E-state index is 5.40. The van der Waals surface area contributed by atoms with Crippen LogP contribution >= 0.6 is 27.7 Å². The SMILES string of the molecule is COCCNCc1ccc(Br)cc1Sc1nc(C)co1. The summed E-state index contributed by atoms with van der Waals surface area (Å²) in [5.74, 6) is 0. The molecule has 1 heterocycles. The van der Waals surface area contributed by atoms with Crippen molar-refractivity contribution in [2.45, 2.75) is 23.6 Å². The summed E-state index contributed by atoms with van der Waals surface area (Å²) in [6.07, 6.45) is 1.66. The Kier molecular flexibility index (Phi) is 6.09. The van der Waals surface area contributed by atoms with Crippen molar-refractivity contribution in [2.24, 2.45) is 0 Å². The number of hydrogen-bond acceptors (Lipinski definition) is 5. The van der Waals surface area contributed by atoms with E-state index in [1.807, 2.05) is 13.0 Å². The third-order valence-electron chi connectivity index (χ3n) is 2.62. The number of nitrogens with one attached hydrogen (secondary N) is 1. The molecule has 0 bridgehead atoms. The Morgan fingerprint density at radius 2 is 2.30 bits per heavy atom. The Bertz CT molecular complexity index is 560. The number of aromatic nitrogens is 1. The van der Waals surface area contributed by atoms with Crippen molar-refractivity contribution >= 4 is 27.7 Å². The monoisotopic (exact) mass is 356 g/mol. The molecule has 0 radical (unpaired) electrons. The summed E-state index contributed by atoms with van der Waals surface area (Å²) in [7, 11) is 1.70. The van der Waals surface area contributed by atoms with E-state index in [0.29, 0.717) is 11.8 Å². The van der Waals surface area contributed by atoms with Crippen molar-refractivity contribution in [3.8, 4) is 0 Å². The number of aryl methyl sites for hydroxylation is 1. The van der Waals surface area contributed by atoms with Crippen LogP contribution in [0, 0.1) is 6.92 Å². The fourth-order valence-electron chi connectivity index (χ4n) is 1.64. The molecule has 0 saturated heterocycles. The van der Waals surface area contributed by atoms with Crippen LogP contribution in [0.1, 0.15) is 11.3 Å². The lowest BCUT2D eigenvalue weighted by atomic mass is 10.2. The lowest BCUT2D eigenvalue weighted by molar-refractivity contribution is 0.199. The molecule has 0 amide bonds. The van der Waals surface area contributed by atoms with E-state index < -0.39 is 0 Å². The molecule has 1 aromatic carbocycles. The Labute approximate surface area is 131 Å². The largest absolute Gasteiger partial charge is 0.439 e. The van der Waals surface area contributed by atoms with E-state index in [1.54, 1.807) is 13.4 Å². The van der Waals surface area contributed by atoms with E-state index in [9.17, 15) is 0 Å². The molecule has 20 heavy (non-hydrogen) atoms. The van der Waals surface area contributed by atoms with Crippen LogP contribution in [0.25, 0.3) is 0 Å². The van der Waals surface area contributed by atoms with Crippen molar-refractivity contribution in [1.29, 1.82) is 0 Å². The number of ether oxygens (including phenoxy) is 1. The molecule has 0 saturated carbocycles. The second-order valence-corrected chi connectivity index (χ2v) is 6.19. The molecule has 0 atom stereocenters. The van der Waals surface area contributed by atoms with Gasteiger partial charge < -0.3 is 14.5 Å². The lowest BCUT2D eigenvalue weighted by Gasteiger charge is -2.09. The van der Waals surface area contributed by atoms with Crippen LogP contribution in [0.3, 0.4) is 0 Å². The minimum atomic E-state index is 0.666. The fraction of sp³-hybridized carbons (Fsp3) is 0.357. The molecule has 1 N–H and O–H groups in total. The second kappa shape index (κ2) is 7.83. The first-order chi connectivity index (χ1) is 9.69. The van der Waals surface area contributed by atoms with Crippen LogP contribution < -0.4 is 5.32 Å². The smallest absolute Gasteiger partial charge is 0.260 e. The quantitative estimate of drug-likeness (QED) is 0.767. The van der Waals surface area contributed by atoms with Gasteiger partial charge in [0.1, 0.15) is 6.26 Å². The van der Waals surface area contributed by atoms with Gasteiger partial charge in [-0.1, -0.05) is 22.0 Å². The van der Waals surface area contributed by atoms with Gasteiger partial charge in [0.25, 0.3) is 5.22 Å². The second-order valence-electron chi connectivity index (χ2n) is 4.28. The number of rotatable bonds is 7. The van der Waals surface area contributed by atoms with Gasteiger partial charge in [-0.05, 0) is 36.4 Å². The van der Waals surface area contributed by atoms with Crippen molar-refractivity contribution in [2.75, 3.05) is 20.3 Å². The molecule has 0 spiro atoms. The van der Waals surface area contributed by atoms with Gasteiger partial charge in [-0.25, -0.2) is 4.98 Å². The Morgan fingerprint density at radius 1 is 1.45 bits per heavy atom. The van der Waals surface area contributed by atoms with Crippen LogP contribution in [0.4, 0.5) is 0 Å². The Balaban J connectivity index is 2.07. The van der Waals surface area contributed by atoms with Crippen molar-refractivity contribution < 1.29 is 9.15 Å². The van der Waals surface area contributed by atoms with Crippen molar-refractivity contribution in [3.05, 3.63) is 40.2 Å². The average molecular weight is 357 g/mol. The van der Waals surface area contributed by atoms with E-state index in [4.69, 9.17) is 9.15 Å². The van der Waals surface area contributed by atoms with Crippen molar-refractivity contribution in [1.82, 2.24) is 10.3 Å². The summed E-state index contributed by atoms with van der Waals surface area (Å²) < 4.78 is 11.5. The van der Waals surface area contributed by atoms with E-state index in [0.717, 1.165) is 28.2 Å². The molecule has 6 heteroatoms. The average Bonchev–Trinajstić information content (AvgIpc) is 2.82. The van der Waals surface area contributed by atoms with Gasteiger partial charge in [-0.15, -0.1) is 0 Å². The van der Waals surface area contributed by atoms with Gasteiger partial charge in [0.05, 0.1) is 12.3 Å². The van der Waals surface area contributed by atoms with Crippen molar-refractivity contribution in [3.63, 3.8) is 0 Å². The highest BCUT2D eigenvalue weighted by Gasteiger charge is 2.09. The number of hydrogen-bond donors (Lipinski definition) is 1. The molecule has 0 fully saturated rings. The normalized spacial score (nSPS) is 10.9. The molecule has 108 valence electrons. The maximum absolute atomic E-state index is 5.40. The number of halogens is 1. The van der Waals surface area contributed by atoms with Gasteiger partial charge >= 0.3 is 0 Å². The minimum Gasteiger partial charge on any atom is -0.439 e. The molecular weight excluding hydrogens is 340 g/mol. The first kappa shape index (κ1) is 15.6. The molecular formula is C14H17BrN2O2S. The molecule has 4 nitrogen and oxygen atoms in total. The summed E-state index contributed by atoms with van der Waals surface area (Å²) in [4.78, 5) is 5.46. The first-order valence-corrected chi connectivity index (χ1v) is 7.88. The number of methoxy groups -OCH3 is 1. The predicted molar refractivity (Wildman–Crippen MR) is 83.1 cm³/mol. The highest BCUT2D eigenvalue weighted by Crippen LogP contribution is 2.32. The highest BCUT2D eigenvalue weighted by atomic mass is 79.9. The Hall–Kier alpha value is -0.820. The van der Waals surface area contributed by atoms with Gasteiger partial charge in [0.15, 0.2) is 0 Å².